The van der Waals surface area contributed by atoms with Crippen molar-refractivity contribution in [1.29, 1.82) is 0 Å². The number of hydrogen-bond donors (Lipinski definition) is 2. The first-order valence-electron chi connectivity index (χ1n) is 7.46. The molecule has 1 aliphatic heterocycles. The second kappa shape index (κ2) is 6.87. The van der Waals surface area contributed by atoms with Gasteiger partial charge in [0.05, 0.1) is 4.90 Å². The molecule has 0 saturated carbocycles. The first-order valence-corrected chi connectivity index (χ1v) is 8.94. The van der Waals surface area contributed by atoms with Crippen LogP contribution in [0.25, 0.3) is 0 Å². The summed E-state index contributed by atoms with van der Waals surface area (Å²) in [6.07, 6.45) is 3.26. The molecule has 0 bridgehead atoms. The van der Waals surface area contributed by atoms with Crippen molar-refractivity contribution in [3.05, 3.63) is 28.8 Å². The molecule has 0 radical (unpaired) electrons. The molecule has 1 aromatic carbocycles. The van der Waals surface area contributed by atoms with E-state index in [1.165, 1.54) is 6.42 Å². The summed E-state index contributed by atoms with van der Waals surface area (Å²) in [5, 5.41) is 4.88. The Morgan fingerprint density at radius 2 is 1.81 bits per heavy atom. The third-order valence-electron chi connectivity index (χ3n) is 3.96. The van der Waals surface area contributed by atoms with E-state index in [0.717, 1.165) is 42.6 Å². The Morgan fingerprint density at radius 3 is 2.43 bits per heavy atom. The van der Waals surface area contributed by atoms with Crippen molar-refractivity contribution in [3.8, 4) is 0 Å². The van der Waals surface area contributed by atoms with Gasteiger partial charge in [0, 0.05) is 19.6 Å². The average Bonchev–Trinajstić information content (AvgIpc) is 2.43. The molecule has 2 N–H and O–H groups in total. The van der Waals surface area contributed by atoms with Gasteiger partial charge in [0.1, 0.15) is 0 Å². The van der Waals surface area contributed by atoms with Gasteiger partial charge in [-0.05, 0) is 56.5 Å². The normalized spacial score (nSPS) is 17.1. The highest BCUT2D eigenvalue weighted by molar-refractivity contribution is 7.89. The Hall–Kier alpha value is -0.950. The SMILES string of the molecule is CNCc1cc(C)c(C)c(S(=O)(=O)NN2CCCCC2)c1. The summed E-state index contributed by atoms with van der Waals surface area (Å²) in [6, 6.07) is 3.80. The summed E-state index contributed by atoms with van der Waals surface area (Å²) >= 11 is 0. The molecule has 0 unspecified atom stereocenters. The van der Waals surface area contributed by atoms with Crippen LogP contribution in [0.2, 0.25) is 0 Å². The first kappa shape index (κ1) is 16.4. The zero-order chi connectivity index (χ0) is 15.5. The maximum atomic E-state index is 12.7. The van der Waals surface area contributed by atoms with Crippen LogP contribution in [-0.4, -0.2) is 33.6 Å². The number of nitrogens with one attached hydrogen (secondary N) is 2. The second-order valence-electron chi connectivity index (χ2n) is 5.71. The summed E-state index contributed by atoms with van der Waals surface area (Å²) in [6.45, 7) is 6.05. The largest absolute Gasteiger partial charge is 0.316 e. The molecular weight excluding hydrogens is 286 g/mol. The molecule has 118 valence electrons. The predicted octanol–water partition coefficient (Wildman–Crippen LogP) is 1.70. The van der Waals surface area contributed by atoms with E-state index in [4.69, 9.17) is 0 Å². The van der Waals surface area contributed by atoms with Gasteiger partial charge in [-0.1, -0.05) is 12.5 Å². The van der Waals surface area contributed by atoms with Gasteiger partial charge in [-0.3, -0.25) is 0 Å². The van der Waals surface area contributed by atoms with Gasteiger partial charge in [-0.2, -0.15) is 0 Å². The topological polar surface area (TPSA) is 61.4 Å². The van der Waals surface area contributed by atoms with Crippen LogP contribution >= 0.6 is 0 Å². The van der Waals surface area contributed by atoms with Crippen LogP contribution in [0.1, 0.15) is 36.0 Å². The lowest BCUT2D eigenvalue weighted by Gasteiger charge is -2.27. The van der Waals surface area contributed by atoms with E-state index in [2.05, 4.69) is 10.1 Å². The predicted molar refractivity (Wildman–Crippen MR) is 84.4 cm³/mol. The van der Waals surface area contributed by atoms with E-state index in [1.54, 1.807) is 6.07 Å². The smallest absolute Gasteiger partial charge is 0.253 e. The number of hydrazine groups is 1. The molecule has 0 aromatic heterocycles. The zero-order valence-electron chi connectivity index (χ0n) is 13.1. The number of nitrogens with zero attached hydrogens (tertiary/aromatic N) is 1. The summed E-state index contributed by atoms with van der Waals surface area (Å²) in [4.78, 5) is 3.12. The Balaban J connectivity index is 2.29. The maximum Gasteiger partial charge on any atom is 0.253 e. The highest BCUT2D eigenvalue weighted by atomic mass is 32.2. The van der Waals surface area contributed by atoms with Crippen molar-refractivity contribution in [2.75, 3.05) is 20.1 Å². The van der Waals surface area contributed by atoms with Crippen molar-refractivity contribution in [2.24, 2.45) is 0 Å². The van der Waals surface area contributed by atoms with Crippen LogP contribution in [-0.2, 0) is 16.6 Å². The van der Waals surface area contributed by atoms with Crippen LogP contribution in [0.5, 0.6) is 0 Å². The Bertz CT molecular complexity index is 593. The highest BCUT2D eigenvalue weighted by Gasteiger charge is 2.22. The number of sulfonamides is 1. The molecule has 2 rings (SSSR count). The van der Waals surface area contributed by atoms with Gasteiger partial charge in [0.15, 0.2) is 0 Å². The van der Waals surface area contributed by atoms with Crippen LogP contribution in [0.4, 0.5) is 0 Å². The third-order valence-corrected chi connectivity index (χ3v) is 5.46. The molecule has 5 nitrogen and oxygen atoms in total. The van der Waals surface area contributed by atoms with E-state index in [0.29, 0.717) is 11.4 Å². The van der Waals surface area contributed by atoms with Crippen LogP contribution in [0.3, 0.4) is 0 Å². The summed E-state index contributed by atoms with van der Waals surface area (Å²) in [5.74, 6) is 0. The van der Waals surface area contributed by atoms with Crippen molar-refractivity contribution in [1.82, 2.24) is 15.2 Å². The second-order valence-corrected chi connectivity index (χ2v) is 7.34. The molecule has 1 saturated heterocycles. The van der Waals surface area contributed by atoms with Crippen molar-refractivity contribution < 1.29 is 8.42 Å². The fourth-order valence-corrected chi connectivity index (χ4v) is 4.18. The lowest BCUT2D eigenvalue weighted by Crippen LogP contribution is -2.45. The van der Waals surface area contributed by atoms with E-state index >= 15 is 0 Å². The molecule has 1 aromatic rings. The molecule has 1 fully saturated rings. The minimum absolute atomic E-state index is 0.387. The highest BCUT2D eigenvalue weighted by Crippen LogP contribution is 2.22. The molecule has 0 amide bonds. The van der Waals surface area contributed by atoms with Crippen molar-refractivity contribution in [3.63, 3.8) is 0 Å². The zero-order valence-corrected chi connectivity index (χ0v) is 13.9. The molecule has 1 heterocycles. The molecular formula is C15H25N3O2S. The van der Waals surface area contributed by atoms with Gasteiger partial charge in [0.2, 0.25) is 0 Å². The monoisotopic (exact) mass is 311 g/mol. The van der Waals surface area contributed by atoms with E-state index < -0.39 is 10.0 Å². The summed E-state index contributed by atoms with van der Waals surface area (Å²) in [5.41, 5.74) is 2.81. The van der Waals surface area contributed by atoms with E-state index in [1.807, 2.05) is 32.0 Å². The molecule has 6 heteroatoms. The van der Waals surface area contributed by atoms with Gasteiger partial charge < -0.3 is 5.32 Å². The number of rotatable bonds is 5. The minimum atomic E-state index is -3.51. The Labute approximate surface area is 127 Å². The Morgan fingerprint density at radius 1 is 1.14 bits per heavy atom. The number of benzene rings is 1. The summed E-state index contributed by atoms with van der Waals surface area (Å²) in [7, 11) is -1.65. The lowest BCUT2D eigenvalue weighted by atomic mass is 10.1. The fraction of sp³-hybridized carbons (Fsp3) is 0.600. The quantitative estimate of drug-likeness (QED) is 0.869. The van der Waals surface area contributed by atoms with Crippen LogP contribution < -0.4 is 10.1 Å². The van der Waals surface area contributed by atoms with E-state index in [-0.39, 0.29) is 0 Å². The maximum absolute atomic E-state index is 12.7. The molecule has 21 heavy (non-hydrogen) atoms. The molecule has 0 aliphatic carbocycles. The van der Waals surface area contributed by atoms with E-state index in [9.17, 15) is 8.42 Å². The molecule has 0 atom stereocenters. The number of hydrogen-bond acceptors (Lipinski definition) is 4. The fourth-order valence-electron chi connectivity index (χ4n) is 2.69. The van der Waals surface area contributed by atoms with Crippen LogP contribution in [0, 0.1) is 13.8 Å². The Kier molecular flexibility index (Phi) is 5.37. The number of piperidine rings is 1. The van der Waals surface area contributed by atoms with Gasteiger partial charge >= 0.3 is 0 Å². The minimum Gasteiger partial charge on any atom is -0.316 e. The number of aryl methyl sites for hydroxylation is 1. The molecule has 0 spiro atoms. The van der Waals surface area contributed by atoms with Crippen molar-refractivity contribution >= 4 is 10.0 Å². The summed E-state index contributed by atoms with van der Waals surface area (Å²) < 4.78 is 25.3. The average molecular weight is 311 g/mol. The standard InChI is InChI=1S/C15H25N3O2S/c1-12-9-14(11-16-3)10-15(13(12)2)21(19,20)17-18-7-5-4-6-8-18/h9-10,16-17H,4-8,11H2,1-3H3. The third kappa shape index (κ3) is 4.03. The van der Waals surface area contributed by atoms with Crippen LogP contribution in [0.15, 0.2) is 17.0 Å². The first-order chi connectivity index (χ1) is 9.94. The van der Waals surface area contributed by atoms with Gasteiger partial charge in [0.25, 0.3) is 10.0 Å². The van der Waals surface area contributed by atoms with Gasteiger partial charge in [-0.25, -0.2) is 13.4 Å². The molecule has 1 aliphatic rings. The lowest BCUT2D eigenvalue weighted by molar-refractivity contribution is 0.200. The van der Waals surface area contributed by atoms with Crippen molar-refractivity contribution in [2.45, 2.75) is 44.6 Å². The van der Waals surface area contributed by atoms with Gasteiger partial charge in [-0.15, -0.1) is 4.83 Å².